The number of aromatic nitrogens is 2. The van der Waals surface area contributed by atoms with Gasteiger partial charge in [0, 0.05) is 42.9 Å². The molecule has 162 valence electrons. The molecule has 1 aromatic rings. The zero-order chi connectivity index (χ0) is 21.4. The molecule has 2 aliphatic heterocycles. The van der Waals surface area contributed by atoms with E-state index in [0.717, 1.165) is 50.0 Å². The van der Waals surface area contributed by atoms with Crippen molar-refractivity contribution in [1.29, 1.82) is 0 Å². The molecule has 0 aromatic carbocycles. The highest BCUT2D eigenvalue weighted by atomic mass is 16.6. The minimum absolute atomic E-state index is 0.0878. The minimum Gasteiger partial charge on any atom is -0.444 e. The normalized spacial score (nSPS) is 23.2. The summed E-state index contributed by atoms with van der Waals surface area (Å²) in [5.41, 5.74) is 0.588. The summed E-state index contributed by atoms with van der Waals surface area (Å²) in [6, 6.07) is 2.45. The molecule has 0 N–H and O–H groups in total. The lowest BCUT2D eigenvalue weighted by molar-refractivity contribution is -0.112. The summed E-state index contributed by atoms with van der Waals surface area (Å²) < 4.78 is 7.63. The van der Waals surface area contributed by atoms with Crippen LogP contribution in [-0.4, -0.2) is 57.8 Å². The molecule has 7 heteroatoms. The second-order valence-corrected chi connectivity index (χ2v) is 10.1. The number of amides is 1. The Morgan fingerprint density at radius 2 is 1.86 bits per heavy atom. The van der Waals surface area contributed by atoms with Crippen LogP contribution in [0.15, 0.2) is 6.07 Å². The SMILES string of the molecule is Cc1cc(N2CC[C@@H](C=O)CC2(C)C)nn1C1CCN(C(=O)OC(C)(C)C)CC1. The number of nitrogens with zero attached hydrogens (tertiary/aromatic N) is 4. The van der Waals surface area contributed by atoms with Crippen molar-refractivity contribution < 1.29 is 14.3 Å². The van der Waals surface area contributed by atoms with Crippen LogP contribution in [-0.2, 0) is 9.53 Å². The summed E-state index contributed by atoms with van der Waals surface area (Å²) in [5.74, 6) is 1.13. The molecular formula is C22H36N4O3. The summed E-state index contributed by atoms with van der Waals surface area (Å²) in [6.07, 6.45) is 4.36. The second kappa shape index (κ2) is 8.00. The molecule has 7 nitrogen and oxygen atoms in total. The molecule has 0 unspecified atom stereocenters. The lowest BCUT2D eigenvalue weighted by Crippen LogP contribution is -2.50. The highest BCUT2D eigenvalue weighted by molar-refractivity contribution is 5.68. The van der Waals surface area contributed by atoms with E-state index in [2.05, 4.69) is 36.4 Å². The van der Waals surface area contributed by atoms with Gasteiger partial charge in [-0.25, -0.2) is 4.79 Å². The molecule has 0 aliphatic carbocycles. The number of carbonyl (C=O) groups is 2. The van der Waals surface area contributed by atoms with Gasteiger partial charge in [-0.15, -0.1) is 0 Å². The molecule has 0 spiro atoms. The van der Waals surface area contributed by atoms with Crippen LogP contribution in [0.4, 0.5) is 10.6 Å². The van der Waals surface area contributed by atoms with E-state index in [1.165, 1.54) is 0 Å². The van der Waals surface area contributed by atoms with E-state index in [0.29, 0.717) is 13.1 Å². The molecule has 0 bridgehead atoms. The van der Waals surface area contributed by atoms with Gasteiger partial charge in [0.05, 0.1) is 6.04 Å². The molecule has 2 fully saturated rings. The van der Waals surface area contributed by atoms with Gasteiger partial charge in [0.15, 0.2) is 5.82 Å². The van der Waals surface area contributed by atoms with Gasteiger partial charge < -0.3 is 19.3 Å². The van der Waals surface area contributed by atoms with Crippen molar-refractivity contribution in [1.82, 2.24) is 14.7 Å². The van der Waals surface area contributed by atoms with Crippen molar-refractivity contribution >= 4 is 18.2 Å². The minimum atomic E-state index is -0.467. The van der Waals surface area contributed by atoms with Crippen molar-refractivity contribution in [2.75, 3.05) is 24.5 Å². The van der Waals surface area contributed by atoms with E-state index in [9.17, 15) is 9.59 Å². The lowest BCUT2D eigenvalue weighted by Gasteiger charge is -2.44. The predicted octanol–water partition coefficient (Wildman–Crippen LogP) is 3.96. The molecule has 1 amide bonds. The third-order valence-corrected chi connectivity index (χ3v) is 6.06. The van der Waals surface area contributed by atoms with E-state index < -0.39 is 5.60 Å². The van der Waals surface area contributed by atoms with E-state index in [4.69, 9.17) is 9.84 Å². The van der Waals surface area contributed by atoms with Crippen LogP contribution >= 0.6 is 0 Å². The fraction of sp³-hybridized carbons (Fsp3) is 0.773. The first-order valence-electron chi connectivity index (χ1n) is 10.8. The number of piperidine rings is 2. The number of aldehydes is 1. The molecule has 29 heavy (non-hydrogen) atoms. The van der Waals surface area contributed by atoms with Crippen LogP contribution in [0.25, 0.3) is 0 Å². The molecular weight excluding hydrogens is 368 g/mol. The third-order valence-electron chi connectivity index (χ3n) is 6.06. The Hall–Kier alpha value is -2.05. The first-order valence-corrected chi connectivity index (χ1v) is 10.8. The van der Waals surface area contributed by atoms with Gasteiger partial charge in [0.25, 0.3) is 0 Å². The first-order chi connectivity index (χ1) is 13.5. The maximum absolute atomic E-state index is 12.3. The molecule has 3 heterocycles. The fourth-order valence-corrected chi connectivity index (χ4v) is 4.58. The molecule has 0 saturated carbocycles. The van der Waals surface area contributed by atoms with Crippen molar-refractivity contribution in [3.63, 3.8) is 0 Å². The molecule has 0 radical (unpaired) electrons. The summed E-state index contributed by atoms with van der Waals surface area (Å²) in [4.78, 5) is 27.7. The molecule has 1 atom stereocenters. The van der Waals surface area contributed by atoms with Crippen LogP contribution in [0.2, 0.25) is 0 Å². The number of rotatable bonds is 3. The highest BCUT2D eigenvalue weighted by Crippen LogP contribution is 2.35. The van der Waals surface area contributed by atoms with Gasteiger partial charge in [-0.1, -0.05) is 0 Å². The predicted molar refractivity (Wildman–Crippen MR) is 113 cm³/mol. The molecule has 2 saturated heterocycles. The Balaban J connectivity index is 1.66. The van der Waals surface area contributed by atoms with E-state index >= 15 is 0 Å². The number of ether oxygens (including phenoxy) is 1. The molecule has 1 aromatic heterocycles. The van der Waals surface area contributed by atoms with Gasteiger partial charge >= 0.3 is 6.09 Å². The Bertz CT molecular complexity index is 742. The summed E-state index contributed by atoms with van der Waals surface area (Å²) in [5, 5.41) is 4.95. The highest BCUT2D eigenvalue weighted by Gasteiger charge is 2.36. The monoisotopic (exact) mass is 404 g/mol. The van der Waals surface area contributed by atoms with Crippen LogP contribution in [0.5, 0.6) is 0 Å². The van der Waals surface area contributed by atoms with Crippen molar-refractivity contribution in [2.45, 2.75) is 84.4 Å². The summed E-state index contributed by atoms with van der Waals surface area (Å²) >= 11 is 0. The van der Waals surface area contributed by atoms with E-state index in [1.807, 2.05) is 20.8 Å². The van der Waals surface area contributed by atoms with Gasteiger partial charge in [-0.2, -0.15) is 5.10 Å². The average Bonchev–Trinajstić information content (AvgIpc) is 3.00. The summed E-state index contributed by atoms with van der Waals surface area (Å²) in [6.45, 7) is 14.4. The Morgan fingerprint density at radius 3 is 2.41 bits per heavy atom. The standard InChI is InChI=1S/C22H36N4O3/c1-16-13-19(25-12-7-17(15-27)14-22(25,5)6)23-26(16)18-8-10-24(11-9-18)20(28)29-21(2,3)4/h13,15,17-18H,7-12,14H2,1-6H3/t17-/m1/s1. The van der Waals surface area contributed by atoms with Gasteiger partial charge in [-0.3, -0.25) is 4.68 Å². The van der Waals surface area contributed by atoms with Crippen molar-refractivity contribution in [3.05, 3.63) is 11.8 Å². The zero-order valence-corrected chi connectivity index (χ0v) is 18.8. The number of anilines is 1. The Labute approximate surface area is 174 Å². The van der Waals surface area contributed by atoms with E-state index in [1.54, 1.807) is 4.90 Å². The third kappa shape index (κ3) is 4.93. The van der Waals surface area contributed by atoms with Crippen molar-refractivity contribution in [3.8, 4) is 0 Å². The maximum atomic E-state index is 12.3. The number of hydrogen-bond donors (Lipinski definition) is 0. The quantitative estimate of drug-likeness (QED) is 0.714. The number of hydrogen-bond acceptors (Lipinski definition) is 5. The van der Waals surface area contributed by atoms with Crippen LogP contribution in [0.1, 0.15) is 72.0 Å². The van der Waals surface area contributed by atoms with Crippen LogP contribution in [0.3, 0.4) is 0 Å². The van der Waals surface area contributed by atoms with Crippen LogP contribution < -0.4 is 4.90 Å². The molecule has 3 rings (SSSR count). The number of likely N-dealkylation sites (tertiary alicyclic amines) is 1. The topological polar surface area (TPSA) is 67.7 Å². The maximum Gasteiger partial charge on any atom is 0.410 e. The Morgan fingerprint density at radius 1 is 1.21 bits per heavy atom. The van der Waals surface area contributed by atoms with Crippen molar-refractivity contribution in [2.24, 2.45) is 5.92 Å². The van der Waals surface area contributed by atoms with Crippen LogP contribution in [0, 0.1) is 12.8 Å². The number of carbonyl (C=O) groups excluding carboxylic acids is 2. The Kier molecular flexibility index (Phi) is 5.97. The van der Waals surface area contributed by atoms with Gasteiger partial charge in [0.2, 0.25) is 0 Å². The fourth-order valence-electron chi connectivity index (χ4n) is 4.58. The average molecular weight is 405 g/mol. The summed E-state index contributed by atoms with van der Waals surface area (Å²) in [7, 11) is 0. The molecule has 2 aliphatic rings. The smallest absolute Gasteiger partial charge is 0.410 e. The second-order valence-electron chi connectivity index (χ2n) is 10.1. The van der Waals surface area contributed by atoms with E-state index in [-0.39, 0.29) is 23.6 Å². The van der Waals surface area contributed by atoms with Gasteiger partial charge in [0.1, 0.15) is 11.9 Å². The first kappa shape index (κ1) is 21.7. The van der Waals surface area contributed by atoms with Gasteiger partial charge in [-0.05, 0) is 67.2 Å². The zero-order valence-electron chi connectivity index (χ0n) is 18.8. The number of aryl methyl sites for hydroxylation is 1. The lowest BCUT2D eigenvalue weighted by atomic mass is 9.83. The largest absolute Gasteiger partial charge is 0.444 e.